The maximum absolute atomic E-state index is 11.7. The zero-order valence-corrected chi connectivity index (χ0v) is 14.5. The smallest absolute Gasteiger partial charge is 0.346 e. The number of benzene rings is 1. The molecule has 0 atom stereocenters. The first-order valence-electron chi connectivity index (χ1n) is 8.27. The number of carbonyl (C=O) groups is 1. The van der Waals surface area contributed by atoms with Gasteiger partial charge in [0, 0.05) is 34.9 Å². The number of carboxylic acid groups (broad SMARTS) is 1. The molecule has 0 aliphatic carbocycles. The SMILES string of the molecule is CCCCc1c(C(=O)O)sc2cc(OC)cc(N3CCCC3)c12. The van der Waals surface area contributed by atoms with Gasteiger partial charge in [0.2, 0.25) is 0 Å². The molecule has 1 aliphatic heterocycles. The zero-order chi connectivity index (χ0) is 16.4. The van der Waals surface area contributed by atoms with E-state index in [9.17, 15) is 9.90 Å². The minimum Gasteiger partial charge on any atom is -0.497 e. The van der Waals surface area contributed by atoms with Crippen molar-refractivity contribution < 1.29 is 14.6 Å². The summed E-state index contributed by atoms with van der Waals surface area (Å²) in [5.41, 5.74) is 2.15. The summed E-state index contributed by atoms with van der Waals surface area (Å²) in [4.78, 5) is 14.6. The van der Waals surface area contributed by atoms with Crippen molar-refractivity contribution in [2.45, 2.75) is 39.0 Å². The fraction of sp³-hybridized carbons (Fsp3) is 0.500. The zero-order valence-electron chi connectivity index (χ0n) is 13.7. The Hall–Kier alpha value is -1.75. The topological polar surface area (TPSA) is 49.8 Å². The Balaban J connectivity index is 2.23. The molecular weight excluding hydrogens is 310 g/mol. The van der Waals surface area contributed by atoms with Crippen LogP contribution in [0.25, 0.3) is 10.1 Å². The van der Waals surface area contributed by atoms with Gasteiger partial charge in [-0.05, 0) is 37.3 Å². The number of ether oxygens (including phenoxy) is 1. The molecule has 1 aromatic carbocycles. The van der Waals surface area contributed by atoms with Gasteiger partial charge in [-0.25, -0.2) is 4.79 Å². The van der Waals surface area contributed by atoms with Gasteiger partial charge in [-0.2, -0.15) is 0 Å². The molecule has 3 rings (SSSR count). The third-order valence-corrected chi connectivity index (χ3v) is 5.67. The van der Waals surface area contributed by atoms with Gasteiger partial charge < -0.3 is 14.7 Å². The molecule has 1 N–H and O–H groups in total. The van der Waals surface area contributed by atoms with Crippen LogP contribution in [0.4, 0.5) is 5.69 Å². The molecule has 2 heterocycles. The van der Waals surface area contributed by atoms with Gasteiger partial charge in [0.25, 0.3) is 0 Å². The number of carboxylic acids is 1. The van der Waals surface area contributed by atoms with Crippen LogP contribution in [0, 0.1) is 0 Å². The molecule has 0 unspecified atom stereocenters. The first-order chi connectivity index (χ1) is 11.2. The summed E-state index contributed by atoms with van der Waals surface area (Å²) >= 11 is 1.38. The molecule has 1 aliphatic rings. The number of aryl methyl sites for hydroxylation is 1. The van der Waals surface area contributed by atoms with Crippen LogP contribution in [0.15, 0.2) is 12.1 Å². The van der Waals surface area contributed by atoms with Crippen LogP contribution < -0.4 is 9.64 Å². The van der Waals surface area contributed by atoms with Gasteiger partial charge in [0.05, 0.1) is 7.11 Å². The van der Waals surface area contributed by atoms with Crippen molar-refractivity contribution in [3.63, 3.8) is 0 Å². The van der Waals surface area contributed by atoms with E-state index in [0.717, 1.165) is 59.4 Å². The number of aromatic carboxylic acids is 1. The number of fused-ring (bicyclic) bond motifs is 1. The van der Waals surface area contributed by atoms with Gasteiger partial charge in [0.15, 0.2) is 0 Å². The molecule has 1 aromatic heterocycles. The quantitative estimate of drug-likeness (QED) is 0.842. The second-order valence-corrected chi connectivity index (χ2v) is 7.08. The number of methoxy groups -OCH3 is 1. The van der Waals surface area contributed by atoms with Crippen molar-refractivity contribution in [3.05, 3.63) is 22.6 Å². The molecule has 124 valence electrons. The van der Waals surface area contributed by atoms with Crippen molar-refractivity contribution in [1.82, 2.24) is 0 Å². The normalized spacial score (nSPS) is 14.6. The molecule has 1 saturated heterocycles. The van der Waals surface area contributed by atoms with E-state index in [1.807, 2.05) is 6.07 Å². The summed E-state index contributed by atoms with van der Waals surface area (Å²) < 4.78 is 6.47. The summed E-state index contributed by atoms with van der Waals surface area (Å²) in [6.07, 6.45) is 5.28. The number of thiophene rings is 1. The monoisotopic (exact) mass is 333 g/mol. The highest BCUT2D eigenvalue weighted by Crippen LogP contribution is 2.42. The fourth-order valence-electron chi connectivity index (χ4n) is 3.34. The third kappa shape index (κ3) is 3.02. The molecule has 0 bridgehead atoms. The summed E-state index contributed by atoms with van der Waals surface area (Å²) in [5, 5.41) is 10.7. The predicted octanol–water partition coefficient (Wildman–Crippen LogP) is 4.55. The maximum atomic E-state index is 11.7. The van der Waals surface area contributed by atoms with E-state index in [0.29, 0.717) is 4.88 Å². The molecule has 0 saturated carbocycles. The van der Waals surface area contributed by atoms with Crippen molar-refractivity contribution in [2.24, 2.45) is 0 Å². The molecule has 5 heteroatoms. The highest BCUT2D eigenvalue weighted by molar-refractivity contribution is 7.21. The van der Waals surface area contributed by atoms with E-state index in [1.54, 1.807) is 7.11 Å². The molecule has 4 nitrogen and oxygen atoms in total. The lowest BCUT2D eigenvalue weighted by molar-refractivity contribution is 0.0701. The molecule has 2 aromatic rings. The lowest BCUT2D eigenvalue weighted by atomic mass is 10.0. The molecule has 0 amide bonds. The number of anilines is 1. The first kappa shape index (κ1) is 16.1. The number of rotatable bonds is 6. The van der Waals surface area contributed by atoms with E-state index < -0.39 is 5.97 Å². The van der Waals surface area contributed by atoms with Crippen LogP contribution in [0.3, 0.4) is 0 Å². The summed E-state index contributed by atoms with van der Waals surface area (Å²) in [7, 11) is 1.67. The van der Waals surface area contributed by atoms with Crippen LogP contribution in [0.5, 0.6) is 5.75 Å². The Morgan fingerprint density at radius 2 is 2.09 bits per heavy atom. The fourth-order valence-corrected chi connectivity index (χ4v) is 4.47. The van der Waals surface area contributed by atoms with E-state index in [2.05, 4.69) is 17.9 Å². The van der Waals surface area contributed by atoms with Crippen molar-refractivity contribution in [2.75, 3.05) is 25.1 Å². The Bertz CT molecular complexity index is 717. The lowest BCUT2D eigenvalue weighted by Crippen LogP contribution is -2.18. The average molecular weight is 333 g/mol. The second-order valence-electron chi connectivity index (χ2n) is 6.03. The van der Waals surface area contributed by atoms with E-state index in [-0.39, 0.29) is 0 Å². The van der Waals surface area contributed by atoms with Gasteiger partial charge in [-0.1, -0.05) is 13.3 Å². The van der Waals surface area contributed by atoms with E-state index >= 15 is 0 Å². The molecule has 0 radical (unpaired) electrons. The standard InChI is InChI=1S/C18H23NO3S/c1-3-4-7-13-16-14(19-8-5-6-9-19)10-12(22-2)11-15(16)23-17(13)18(20)21/h10-11H,3-9H2,1-2H3,(H,20,21). The Morgan fingerprint density at radius 1 is 1.35 bits per heavy atom. The second kappa shape index (κ2) is 6.79. The predicted molar refractivity (Wildman–Crippen MR) is 95.4 cm³/mol. The van der Waals surface area contributed by atoms with Crippen LogP contribution in [0.2, 0.25) is 0 Å². The lowest BCUT2D eigenvalue weighted by Gasteiger charge is -2.20. The Labute approximate surface area is 140 Å². The number of hydrogen-bond donors (Lipinski definition) is 1. The van der Waals surface area contributed by atoms with Crippen molar-refractivity contribution in [1.29, 1.82) is 0 Å². The van der Waals surface area contributed by atoms with Gasteiger partial charge in [-0.15, -0.1) is 11.3 Å². The highest BCUT2D eigenvalue weighted by atomic mass is 32.1. The maximum Gasteiger partial charge on any atom is 0.346 e. The van der Waals surface area contributed by atoms with E-state index in [4.69, 9.17) is 4.74 Å². The number of hydrogen-bond acceptors (Lipinski definition) is 4. The summed E-state index contributed by atoms with van der Waals surface area (Å²) in [5.74, 6) is -0.0109. The molecule has 23 heavy (non-hydrogen) atoms. The van der Waals surface area contributed by atoms with Crippen LogP contribution in [-0.2, 0) is 6.42 Å². The van der Waals surface area contributed by atoms with Gasteiger partial charge in [0.1, 0.15) is 10.6 Å². The van der Waals surface area contributed by atoms with Crippen molar-refractivity contribution in [3.8, 4) is 5.75 Å². The molecular formula is C18H23NO3S. The largest absolute Gasteiger partial charge is 0.497 e. The van der Waals surface area contributed by atoms with Gasteiger partial charge >= 0.3 is 5.97 Å². The minimum atomic E-state index is -0.816. The van der Waals surface area contributed by atoms with Crippen LogP contribution in [0.1, 0.15) is 47.8 Å². The summed E-state index contributed by atoms with van der Waals surface area (Å²) in [6, 6.07) is 4.04. The number of nitrogens with zero attached hydrogens (tertiary/aromatic N) is 1. The van der Waals surface area contributed by atoms with E-state index in [1.165, 1.54) is 24.2 Å². The molecule has 1 fully saturated rings. The highest BCUT2D eigenvalue weighted by Gasteiger charge is 2.24. The van der Waals surface area contributed by atoms with Crippen LogP contribution in [-0.4, -0.2) is 31.3 Å². The third-order valence-electron chi connectivity index (χ3n) is 4.50. The number of unbranched alkanes of at least 4 members (excludes halogenated alkanes) is 1. The minimum absolute atomic E-state index is 0.488. The summed E-state index contributed by atoms with van der Waals surface area (Å²) in [6.45, 7) is 4.21. The first-order valence-corrected chi connectivity index (χ1v) is 9.09. The molecule has 0 spiro atoms. The average Bonchev–Trinajstić information content (AvgIpc) is 3.19. The van der Waals surface area contributed by atoms with Crippen LogP contribution >= 0.6 is 11.3 Å². The Kier molecular flexibility index (Phi) is 4.76. The van der Waals surface area contributed by atoms with Gasteiger partial charge in [-0.3, -0.25) is 0 Å². The van der Waals surface area contributed by atoms with Crippen molar-refractivity contribution >= 4 is 33.1 Å². The Morgan fingerprint density at radius 3 is 2.70 bits per heavy atom.